The Morgan fingerprint density at radius 2 is 1.94 bits per heavy atom. The Bertz CT molecular complexity index is 1170. The first-order valence-corrected chi connectivity index (χ1v) is 10.1. The van der Waals surface area contributed by atoms with Crippen molar-refractivity contribution in [2.75, 3.05) is 19.0 Å². The zero-order chi connectivity index (χ0) is 22.7. The van der Waals surface area contributed by atoms with Crippen molar-refractivity contribution < 1.29 is 23.5 Å². The quantitative estimate of drug-likeness (QED) is 0.601. The molecule has 0 fully saturated rings. The lowest BCUT2D eigenvalue weighted by molar-refractivity contribution is 0.0600. The molecule has 7 nitrogen and oxygen atoms in total. The number of aryl methyl sites for hydroxylation is 1. The molecule has 0 bridgehead atoms. The molecule has 3 aromatic rings. The van der Waals surface area contributed by atoms with E-state index in [0.717, 1.165) is 0 Å². The first-order valence-electron chi connectivity index (χ1n) is 10.1. The number of rotatable bonds is 4. The number of carbonyl (C=O) groups excluding carboxylic acids is 2. The normalized spacial score (nSPS) is 17.0. The van der Waals surface area contributed by atoms with Crippen molar-refractivity contribution in [3.8, 4) is 5.75 Å². The maximum Gasteiger partial charge on any atom is 0.337 e. The van der Waals surface area contributed by atoms with Crippen molar-refractivity contribution >= 4 is 17.7 Å². The van der Waals surface area contributed by atoms with Crippen LogP contribution in [0.3, 0.4) is 0 Å². The van der Waals surface area contributed by atoms with Gasteiger partial charge in [-0.2, -0.15) is 0 Å². The average molecular weight is 435 g/mol. The predicted octanol–water partition coefficient (Wildman–Crippen LogP) is 4.16. The van der Waals surface area contributed by atoms with E-state index in [9.17, 15) is 14.0 Å². The van der Waals surface area contributed by atoms with Gasteiger partial charge in [-0.3, -0.25) is 4.98 Å². The highest BCUT2D eigenvalue weighted by Gasteiger charge is 2.42. The highest BCUT2D eigenvalue weighted by Crippen LogP contribution is 2.40. The van der Waals surface area contributed by atoms with Gasteiger partial charge in [0.2, 0.25) is 0 Å². The van der Waals surface area contributed by atoms with Crippen molar-refractivity contribution in [2.24, 2.45) is 0 Å². The van der Waals surface area contributed by atoms with Gasteiger partial charge in [-0.15, -0.1) is 0 Å². The molecular weight excluding hydrogens is 413 g/mol. The third-order valence-electron chi connectivity index (χ3n) is 5.46. The van der Waals surface area contributed by atoms with Gasteiger partial charge >= 0.3 is 12.0 Å². The number of nitrogens with zero attached hydrogens (tertiary/aromatic N) is 1. The molecule has 0 spiro atoms. The van der Waals surface area contributed by atoms with E-state index < -0.39 is 17.5 Å². The van der Waals surface area contributed by atoms with Gasteiger partial charge in [0.15, 0.2) is 0 Å². The number of urea groups is 1. The van der Waals surface area contributed by atoms with Gasteiger partial charge in [-0.25, -0.2) is 14.0 Å². The number of hydrogen-bond acceptors (Lipinski definition) is 5. The number of hydrogen-bond donors (Lipinski definition) is 2. The fourth-order valence-electron chi connectivity index (χ4n) is 3.76. The van der Waals surface area contributed by atoms with Crippen molar-refractivity contribution in [3.63, 3.8) is 0 Å². The van der Waals surface area contributed by atoms with Crippen LogP contribution >= 0.6 is 0 Å². The number of anilines is 1. The number of carbonyl (C=O) groups is 2. The summed E-state index contributed by atoms with van der Waals surface area (Å²) in [6, 6.07) is 14.2. The Kier molecular flexibility index (Phi) is 5.77. The third kappa shape index (κ3) is 3.99. The minimum Gasteiger partial charge on any atom is -0.491 e. The molecule has 164 valence electrons. The van der Waals surface area contributed by atoms with Gasteiger partial charge in [0.05, 0.1) is 19.3 Å². The van der Waals surface area contributed by atoms with Gasteiger partial charge < -0.3 is 20.1 Å². The minimum absolute atomic E-state index is 0.322. The van der Waals surface area contributed by atoms with Crippen molar-refractivity contribution in [2.45, 2.75) is 18.9 Å². The summed E-state index contributed by atoms with van der Waals surface area (Å²) in [4.78, 5) is 29.1. The molecule has 0 radical (unpaired) electrons. The van der Waals surface area contributed by atoms with Crippen LogP contribution < -0.4 is 15.4 Å². The van der Waals surface area contributed by atoms with Crippen LogP contribution in [0.4, 0.5) is 14.9 Å². The van der Waals surface area contributed by atoms with Crippen molar-refractivity contribution in [1.82, 2.24) is 10.3 Å². The largest absolute Gasteiger partial charge is 0.491 e. The van der Waals surface area contributed by atoms with Crippen LogP contribution in [-0.4, -0.2) is 30.7 Å². The Hall–Kier alpha value is -3.94. The number of esters is 1. The molecule has 0 aliphatic carbocycles. The van der Waals surface area contributed by atoms with E-state index in [1.165, 1.54) is 13.2 Å². The summed E-state index contributed by atoms with van der Waals surface area (Å²) < 4.78 is 24.9. The molecule has 2 amide bonds. The molecule has 1 aliphatic heterocycles. The minimum atomic E-state index is -1.08. The molecule has 4 rings (SSSR count). The molecule has 1 aliphatic rings. The number of pyridine rings is 1. The Labute approximate surface area is 184 Å². The molecule has 0 unspecified atom stereocenters. The molecule has 2 N–H and O–H groups in total. The van der Waals surface area contributed by atoms with E-state index in [2.05, 4.69) is 20.4 Å². The predicted molar refractivity (Wildman–Crippen MR) is 116 cm³/mol. The van der Waals surface area contributed by atoms with Gasteiger partial charge in [-0.1, -0.05) is 12.1 Å². The topological polar surface area (TPSA) is 89.5 Å². The lowest BCUT2D eigenvalue weighted by Gasteiger charge is -2.39. The third-order valence-corrected chi connectivity index (χ3v) is 5.46. The lowest BCUT2D eigenvalue weighted by atomic mass is 9.81. The van der Waals surface area contributed by atoms with E-state index in [4.69, 9.17) is 4.74 Å². The van der Waals surface area contributed by atoms with Crippen LogP contribution in [0.25, 0.3) is 0 Å². The molecule has 2 aromatic carbocycles. The van der Waals surface area contributed by atoms with E-state index in [-0.39, 0.29) is 5.82 Å². The summed E-state index contributed by atoms with van der Waals surface area (Å²) >= 11 is 0. The second-order valence-corrected chi connectivity index (χ2v) is 7.47. The molecule has 0 saturated heterocycles. The summed E-state index contributed by atoms with van der Waals surface area (Å²) in [7, 11) is 1.30. The molecular formula is C24H22FN3O4. The van der Waals surface area contributed by atoms with Gasteiger partial charge in [0.1, 0.15) is 22.8 Å². The summed E-state index contributed by atoms with van der Waals surface area (Å²) in [5.41, 5.74) is 1.35. The summed E-state index contributed by atoms with van der Waals surface area (Å²) in [5, 5.41) is 5.76. The van der Waals surface area contributed by atoms with E-state index >= 15 is 0 Å². The van der Waals surface area contributed by atoms with Crippen LogP contribution in [-0.2, 0) is 10.3 Å². The first kappa shape index (κ1) is 21.3. The number of nitrogens with one attached hydrogen (secondary N) is 2. The maximum absolute atomic E-state index is 14.5. The average Bonchev–Trinajstić information content (AvgIpc) is 2.81. The Balaban J connectivity index is 1.67. The van der Waals surface area contributed by atoms with Gasteiger partial charge in [0, 0.05) is 18.3 Å². The number of fused-ring (bicyclic) bond motifs is 1. The summed E-state index contributed by atoms with van der Waals surface area (Å²) in [5.74, 6) is -0.305. The Morgan fingerprint density at radius 3 is 2.66 bits per heavy atom. The second kappa shape index (κ2) is 8.66. The van der Waals surface area contributed by atoms with Gasteiger partial charge in [-0.05, 0) is 60.5 Å². The van der Waals surface area contributed by atoms with Crippen LogP contribution in [0.2, 0.25) is 0 Å². The van der Waals surface area contributed by atoms with Crippen molar-refractivity contribution in [1.29, 1.82) is 0 Å². The Morgan fingerprint density at radius 1 is 1.16 bits per heavy atom. The zero-order valence-corrected chi connectivity index (χ0v) is 17.6. The summed E-state index contributed by atoms with van der Waals surface area (Å²) in [6.07, 6.45) is 1.98. The smallest absolute Gasteiger partial charge is 0.337 e. The summed E-state index contributed by atoms with van der Waals surface area (Å²) in [6.45, 7) is 2.00. The number of ether oxygens (including phenoxy) is 2. The monoisotopic (exact) mass is 435 g/mol. The molecule has 32 heavy (non-hydrogen) atoms. The van der Waals surface area contributed by atoms with Gasteiger partial charge in [0.25, 0.3) is 0 Å². The van der Waals surface area contributed by atoms with Crippen LogP contribution in [0.5, 0.6) is 5.75 Å². The van der Waals surface area contributed by atoms with E-state index in [1.807, 2.05) is 0 Å². The molecule has 8 heteroatoms. The number of halogens is 1. The molecule has 2 heterocycles. The highest BCUT2D eigenvalue weighted by molar-refractivity contribution is 5.92. The van der Waals surface area contributed by atoms with E-state index in [0.29, 0.717) is 46.8 Å². The highest BCUT2D eigenvalue weighted by atomic mass is 19.1. The van der Waals surface area contributed by atoms with Crippen molar-refractivity contribution in [3.05, 3.63) is 89.0 Å². The van der Waals surface area contributed by atoms with Crippen LogP contribution in [0, 0.1) is 12.7 Å². The molecule has 1 atom stereocenters. The fraction of sp³-hybridized carbons (Fsp3) is 0.208. The second-order valence-electron chi connectivity index (χ2n) is 7.47. The van der Waals surface area contributed by atoms with Crippen LogP contribution in [0.1, 0.15) is 33.6 Å². The lowest BCUT2D eigenvalue weighted by Crippen LogP contribution is -2.51. The number of methoxy groups -OCH3 is 1. The SMILES string of the molecule is COC(=O)c1ccc(NC(=O)N[C@]2(c3ccc(C)c(F)c3)CCOc3cccnc32)cc1. The number of aromatic nitrogens is 1. The van der Waals surface area contributed by atoms with Crippen LogP contribution in [0.15, 0.2) is 60.8 Å². The van der Waals surface area contributed by atoms with E-state index in [1.54, 1.807) is 61.7 Å². The number of benzene rings is 2. The standard InChI is InChI=1S/C24H22FN3O4/c1-15-5-8-17(14-19(15)25)24(11-13-32-20-4-3-12-26-21(20)24)28-23(30)27-18-9-6-16(7-10-18)22(29)31-2/h3-10,12,14H,11,13H2,1-2H3,(H2,27,28,30)/t24-/m0/s1. The fourth-order valence-corrected chi connectivity index (χ4v) is 3.76. The number of amides is 2. The maximum atomic E-state index is 14.5. The molecule has 0 saturated carbocycles. The molecule has 1 aromatic heterocycles. The first-order chi connectivity index (χ1) is 15.4. The zero-order valence-electron chi connectivity index (χ0n) is 17.6.